The highest BCUT2D eigenvalue weighted by Gasteiger charge is 2.28. The second-order valence-electron chi connectivity index (χ2n) is 6.68. The van der Waals surface area contributed by atoms with Gasteiger partial charge in [-0.1, -0.05) is 66.0 Å². The molecule has 0 unspecified atom stereocenters. The minimum absolute atomic E-state index is 0.117. The van der Waals surface area contributed by atoms with Gasteiger partial charge in [-0.15, -0.1) is 0 Å². The number of carbonyl (C=O) groups is 2. The Balaban J connectivity index is 2.24. The number of amides is 2. The van der Waals surface area contributed by atoms with E-state index < -0.39 is 6.04 Å². The smallest absolute Gasteiger partial charge is 0.242 e. The van der Waals surface area contributed by atoms with Gasteiger partial charge >= 0.3 is 0 Å². The summed E-state index contributed by atoms with van der Waals surface area (Å²) in [5.41, 5.74) is 1.72. The zero-order valence-electron chi connectivity index (χ0n) is 16.6. The van der Waals surface area contributed by atoms with E-state index in [1.54, 1.807) is 23.1 Å². The van der Waals surface area contributed by atoms with E-state index in [4.69, 9.17) is 34.8 Å². The van der Waals surface area contributed by atoms with Crippen molar-refractivity contribution in [1.29, 1.82) is 0 Å². The summed E-state index contributed by atoms with van der Waals surface area (Å²) in [6.07, 6.45) is 1.26. The fourth-order valence-corrected chi connectivity index (χ4v) is 3.68. The van der Waals surface area contributed by atoms with Gasteiger partial charge in [0.05, 0.1) is 10.0 Å². The molecular weight excluding hydrogens is 431 g/mol. The number of nitrogens with one attached hydrogen (secondary N) is 1. The van der Waals surface area contributed by atoms with Crippen LogP contribution in [0, 0.1) is 0 Å². The Hall–Kier alpha value is -1.75. The van der Waals surface area contributed by atoms with E-state index in [2.05, 4.69) is 5.32 Å². The number of nitrogens with zero attached hydrogens (tertiary/aromatic N) is 1. The first-order valence-electron chi connectivity index (χ1n) is 9.61. The van der Waals surface area contributed by atoms with Gasteiger partial charge in [0, 0.05) is 24.5 Å². The number of hydrogen-bond acceptors (Lipinski definition) is 2. The summed E-state index contributed by atoms with van der Waals surface area (Å²) in [4.78, 5) is 27.3. The van der Waals surface area contributed by atoms with Crippen molar-refractivity contribution in [3.63, 3.8) is 0 Å². The van der Waals surface area contributed by atoms with Crippen LogP contribution in [-0.4, -0.2) is 29.3 Å². The molecule has 0 aliphatic carbocycles. The van der Waals surface area contributed by atoms with Crippen LogP contribution in [0.3, 0.4) is 0 Å². The third-order valence-corrected chi connectivity index (χ3v) is 5.75. The Morgan fingerprint density at radius 2 is 1.72 bits per heavy atom. The molecule has 1 N–H and O–H groups in total. The van der Waals surface area contributed by atoms with Gasteiger partial charge in [0.25, 0.3) is 0 Å². The average Bonchev–Trinajstić information content (AvgIpc) is 2.70. The van der Waals surface area contributed by atoms with Gasteiger partial charge < -0.3 is 10.2 Å². The van der Waals surface area contributed by atoms with Crippen molar-refractivity contribution in [2.24, 2.45) is 0 Å². The average molecular weight is 456 g/mol. The summed E-state index contributed by atoms with van der Waals surface area (Å²) >= 11 is 18.4. The lowest BCUT2D eigenvalue weighted by Crippen LogP contribution is -2.49. The van der Waals surface area contributed by atoms with Crippen LogP contribution in [0.5, 0.6) is 0 Å². The molecule has 2 amide bonds. The number of aryl methyl sites for hydroxylation is 1. The molecule has 0 saturated carbocycles. The molecule has 0 aliphatic heterocycles. The molecule has 0 fully saturated rings. The van der Waals surface area contributed by atoms with Crippen LogP contribution in [0.15, 0.2) is 42.5 Å². The first kappa shape index (κ1) is 23.5. The fraction of sp³-hybridized carbons (Fsp3) is 0.364. The Kier molecular flexibility index (Phi) is 9.28. The van der Waals surface area contributed by atoms with Gasteiger partial charge in [-0.05, 0) is 49.1 Å². The van der Waals surface area contributed by atoms with Crippen LogP contribution < -0.4 is 5.32 Å². The Morgan fingerprint density at radius 3 is 2.34 bits per heavy atom. The van der Waals surface area contributed by atoms with Crippen LogP contribution in [0.2, 0.25) is 15.1 Å². The van der Waals surface area contributed by atoms with Crippen molar-refractivity contribution in [3.05, 3.63) is 68.7 Å². The Bertz CT molecular complexity index is 858. The molecule has 0 radical (unpaired) electrons. The molecule has 0 aromatic heterocycles. The van der Waals surface area contributed by atoms with Crippen molar-refractivity contribution in [1.82, 2.24) is 10.2 Å². The van der Waals surface area contributed by atoms with E-state index in [-0.39, 0.29) is 24.8 Å². The van der Waals surface area contributed by atoms with Gasteiger partial charge in [0.15, 0.2) is 0 Å². The summed E-state index contributed by atoms with van der Waals surface area (Å²) in [6.45, 7) is 4.52. The van der Waals surface area contributed by atoms with Gasteiger partial charge in [-0.25, -0.2) is 0 Å². The zero-order chi connectivity index (χ0) is 21.4. The fourth-order valence-electron chi connectivity index (χ4n) is 3.13. The molecule has 2 rings (SSSR count). The molecule has 29 heavy (non-hydrogen) atoms. The first-order chi connectivity index (χ1) is 13.9. The molecule has 0 spiro atoms. The van der Waals surface area contributed by atoms with Gasteiger partial charge in [0.1, 0.15) is 6.04 Å². The van der Waals surface area contributed by atoms with E-state index in [0.717, 1.165) is 11.1 Å². The van der Waals surface area contributed by atoms with E-state index in [9.17, 15) is 9.59 Å². The number of rotatable bonds is 9. The number of halogens is 3. The summed E-state index contributed by atoms with van der Waals surface area (Å²) < 4.78 is 0. The molecule has 156 valence electrons. The highest BCUT2D eigenvalue weighted by atomic mass is 35.5. The van der Waals surface area contributed by atoms with E-state index in [1.807, 2.05) is 38.1 Å². The van der Waals surface area contributed by atoms with Crippen LogP contribution in [0.25, 0.3) is 0 Å². The van der Waals surface area contributed by atoms with E-state index >= 15 is 0 Å². The molecule has 0 saturated heterocycles. The summed E-state index contributed by atoms with van der Waals surface area (Å²) in [5.74, 6) is -0.282. The van der Waals surface area contributed by atoms with Crippen LogP contribution in [0.1, 0.15) is 37.8 Å². The number of hydrogen-bond donors (Lipinski definition) is 1. The van der Waals surface area contributed by atoms with Gasteiger partial charge in [-0.2, -0.15) is 0 Å². The monoisotopic (exact) mass is 454 g/mol. The maximum absolute atomic E-state index is 13.1. The predicted molar refractivity (Wildman–Crippen MR) is 120 cm³/mol. The predicted octanol–water partition coefficient (Wildman–Crippen LogP) is 5.52. The van der Waals surface area contributed by atoms with Gasteiger partial charge in [-0.3, -0.25) is 9.59 Å². The van der Waals surface area contributed by atoms with E-state index in [1.165, 1.54) is 0 Å². The maximum atomic E-state index is 13.1. The highest BCUT2D eigenvalue weighted by Crippen LogP contribution is 2.25. The molecule has 0 heterocycles. The number of benzene rings is 2. The Morgan fingerprint density at radius 1 is 1.00 bits per heavy atom. The molecule has 4 nitrogen and oxygen atoms in total. The first-order valence-corrected chi connectivity index (χ1v) is 10.7. The summed E-state index contributed by atoms with van der Waals surface area (Å²) in [6, 6.07) is 12.1. The lowest BCUT2D eigenvalue weighted by Gasteiger charge is -2.30. The van der Waals surface area contributed by atoms with Crippen molar-refractivity contribution in [2.75, 3.05) is 6.54 Å². The zero-order valence-corrected chi connectivity index (χ0v) is 18.8. The molecular formula is C22H25Cl3N2O2. The second-order valence-corrected chi connectivity index (χ2v) is 7.90. The molecule has 1 atom stereocenters. The van der Waals surface area contributed by atoms with Gasteiger partial charge in [0.2, 0.25) is 11.8 Å². The lowest BCUT2D eigenvalue weighted by molar-refractivity contribution is -0.141. The summed E-state index contributed by atoms with van der Waals surface area (Å²) in [5, 5.41) is 4.31. The third-order valence-electron chi connectivity index (χ3n) is 4.64. The highest BCUT2D eigenvalue weighted by molar-refractivity contribution is 6.42. The topological polar surface area (TPSA) is 49.4 Å². The third kappa shape index (κ3) is 6.63. The van der Waals surface area contributed by atoms with Crippen LogP contribution in [-0.2, 0) is 22.6 Å². The number of likely N-dealkylation sites (N-methyl/N-ethyl adjacent to an activating group) is 1. The van der Waals surface area contributed by atoms with E-state index in [0.29, 0.717) is 34.5 Å². The van der Waals surface area contributed by atoms with Crippen molar-refractivity contribution < 1.29 is 9.59 Å². The number of carbonyl (C=O) groups excluding carboxylic acids is 2. The van der Waals surface area contributed by atoms with Crippen LogP contribution >= 0.6 is 34.8 Å². The standard InChI is InChI=1S/C22H25Cl3N2O2/c1-3-20(22(29)26-4-2)27(14-15-9-11-18(24)19(25)13-15)21(28)12-10-16-7-5-6-8-17(16)23/h5-9,11,13,20H,3-4,10,12,14H2,1-2H3,(H,26,29)/t20-/m1/s1. The van der Waals surface area contributed by atoms with Crippen LogP contribution in [0.4, 0.5) is 0 Å². The van der Waals surface area contributed by atoms with Crippen molar-refractivity contribution in [3.8, 4) is 0 Å². The molecule has 0 aliphatic rings. The van der Waals surface area contributed by atoms with Crippen molar-refractivity contribution in [2.45, 2.75) is 45.7 Å². The summed E-state index contributed by atoms with van der Waals surface area (Å²) in [7, 11) is 0. The molecule has 0 bridgehead atoms. The molecule has 7 heteroatoms. The lowest BCUT2D eigenvalue weighted by atomic mass is 10.1. The minimum Gasteiger partial charge on any atom is -0.355 e. The maximum Gasteiger partial charge on any atom is 0.242 e. The second kappa shape index (κ2) is 11.4. The SMILES string of the molecule is CCNC(=O)[C@@H](CC)N(Cc1ccc(Cl)c(Cl)c1)C(=O)CCc1ccccc1Cl. The normalized spacial score (nSPS) is 11.8. The quantitative estimate of drug-likeness (QED) is 0.541. The Labute approximate surface area is 187 Å². The molecule has 2 aromatic carbocycles. The largest absolute Gasteiger partial charge is 0.355 e. The minimum atomic E-state index is -0.567. The van der Waals surface area contributed by atoms with Crippen molar-refractivity contribution >= 4 is 46.6 Å². The molecule has 2 aromatic rings.